The standard InChI is InChI=1S/C22H26BrN3O5/c1-4-10-31-21-17(23)11-15(12-19(21)30-5-2)13-25-26-20(27)14-24-22(28)16-8-6-7-9-18(16)29-3/h6-9,11-13H,4-5,10,14H2,1-3H3,(H,24,28)(H,26,27). The number of ether oxygens (including phenoxy) is 3. The van der Waals surface area contributed by atoms with Gasteiger partial charge in [0.1, 0.15) is 5.75 Å². The quantitative estimate of drug-likeness (QED) is 0.370. The first-order valence-corrected chi connectivity index (χ1v) is 10.6. The van der Waals surface area contributed by atoms with Crippen LogP contribution in [0.5, 0.6) is 17.2 Å². The third-order valence-electron chi connectivity index (χ3n) is 3.95. The molecule has 0 saturated heterocycles. The smallest absolute Gasteiger partial charge is 0.259 e. The summed E-state index contributed by atoms with van der Waals surface area (Å²) in [6, 6.07) is 10.4. The molecule has 0 unspecified atom stereocenters. The maximum Gasteiger partial charge on any atom is 0.259 e. The zero-order chi connectivity index (χ0) is 22.6. The van der Waals surface area contributed by atoms with Crippen LogP contribution in [0.4, 0.5) is 0 Å². The van der Waals surface area contributed by atoms with Gasteiger partial charge in [0, 0.05) is 0 Å². The van der Waals surface area contributed by atoms with E-state index in [1.54, 1.807) is 30.3 Å². The Kier molecular flexibility index (Phi) is 9.83. The highest BCUT2D eigenvalue weighted by Gasteiger charge is 2.13. The van der Waals surface area contributed by atoms with Crippen LogP contribution in [0.1, 0.15) is 36.2 Å². The van der Waals surface area contributed by atoms with Gasteiger partial charge < -0.3 is 19.5 Å². The van der Waals surface area contributed by atoms with E-state index in [9.17, 15) is 9.59 Å². The van der Waals surface area contributed by atoms with E-state index in [2.05, 4.69) is 31.8 Å². The van der Waals surface area contributed by atoms with Gasteiger partial charge in [0.25, 0.3) is 11.8 Å². The molecule has 2 N–H and O–H groups in total. The Bertz CT molecular complexity index is 933. The van der Waals surface area contributed by atoms with E-state index < -0.39 is 11.8 Å². The van der Waals surface area contributed by atoms with E-state index in [0.717, 1.165) is 10.9 Å². The highest BCUT2D eigenvalue weighted by molar-refractivity contribution is 9.10. The average Bonchev–Trinajstić information content (AvgIpc) is 2.77. The van der Waals surface area contributed by atoms with Crippen molar-refractivity contribution in [3.63, 3.8) is 0 Å². The minimum Gasteiger partial charge on any atom is -0.496 e. The first kappa shape index (κ1) is 24.2. The zero-order valence-electron chi connectivity index (χ0n) is 17.7. The summed E-state index contributed by atoms with van der Waals surface area (Å²) in [7, 11) is 1.48. The second-order valence-corrected chi connectivity index (χ2v) is 7.14. The molecule has 0 aliphatic carbocycles. The lowest BCUT2D eigenvalue weighted by Crippen LogP contribution is -2.35. The molecule has 31 heavy (non-hydrogen) atoms. The lowest BCUT2D eigenvalue weighted by molar-refractivity contribution is -0.120. The van der Waals surface area contributed by atoms with Crippen molar-refractivity contribution in [2.45, 2.75) is 20.3 Å². The fourth-order valence-electron chi connectivity index (χ4n) is 2.58. The van der Waals surface area contributed by atoms with Crippen LogP contribution in [-0.4, -0.2) is 44.9 Å². The van der Waals surface area contributed by atoms with Crippen molar-refractivity contribution in [3.05, 3.63) is 52.0 Å². The fraction of sp³-hybridized carbons (Fsp3) is 0.318. The monoisotopic (exact) mass is 491 g/mol. The Balaban J connectivity index is 1.95. The Hall–Kier alpha value is -3.07. The predicted octanol–water partition coefficient (Wildman–Crippen LogP) is 3.53. The molecule has 0 spiro atoms. The molecule has 9 heteroatoms. The van der Waals surface area contributed by atoms with Crippen LogP contribution in [0.15, 0.2) is 46.0 Å². The second kappa shape index (κ2) is 12.6. The largest absolute Gasteiger partial charge is 0.496 e. The summed E-state index contributed by atoms with van der Waals surface area (Å²) in [5.74, 6) is 0.766. The molecule has 166 valence electrons. The summed E-state index contributed by atoms with van der Waals surface area (Å²) in [6.07, 6.45) is 2.36. The van der Waals surface area contributed by atoms with E-state index in [0.29, 0.717) is 41.6 Å². The first-order chi connectivity index (χ1) is 15.0. The number of benzene rings is 2. The van der Waals surface area contributed by atoms with Crippen molar-refractivity contribution in [2.24, 2.45) is 5.10 Å². The molecule has 2 aromatic carbocycles. The number of para-hydroxylation sites is 1. The number of hydrogen-bond donors (Lipinski definition) is 2. The van der Waals surface area contributed by atoms with Gasteiger partial charge in [0.2, 0.25) is 0 Å². The minimum atomic E-state index is -0.466. The highest BCUT2D eigenvalue weighted by atomic mass is 79.9. The normalized spacial score (nSPS) is 10.6. The van der Waals surface area contributed by atoms with Crippen molar-refractivity contribution in [2.75, 3.05) is 26.9 Å². The third kappa shape index (κ3) is 7.29. The molecule has 0 saturated carbocycles. The van der Waals surface area contributed by atoms with Gasteiger partial charge in [-0.05, 0) is 59.1 Å². The van der Waals surface area contributed by atoms with Gasteiger partial charge in [-0.3, -0.25) is 9.59 Å². The number of halogens is 1. The molecule has 2 aromatic rings. The molecule has 0 bridgehead atoms. The van der Waals surface area contributed by atoms with Crippen LogP contribution in [0.2, 0.25) is 0 Å². The number of hydrogen-bond acceptors (Lipinski definition) is 6. The highest BCUT2D eigenvalue weighted by Crippen LogP contribution is 2.36. The van der Waals surface area contributed by atoms with E-state index >= 15 is 0 Å². The number of carbonyl (C=O) groups excluding carboxylic acids is 2. The summed E-state index contributed by atoms with van der Waals surface area (Å²) >= 11 is 3.48. The van der Waals surface area contributed by atoms with E-state index in [4.69, 9.17) is 14.2 Å². The van der Waals surface area contributed by atoms with Gasteiger partial charge in [0.05, 0.1) is 43.1 Å². The first-order valence-electron chi connectivity index (χ1n) is 9.82. The van der Waals surface area contributed by atoms with Crippen molar-refractivity contribution in [3.8, 4) is 17.2 Å². The molecule has 0 aromatic heterocycles. The molecule has 0 radical (unpaired) electrons. The molecule has 0 aliphatic rings. The van der Waals surface area contributed by atoms with Crippen molar-refractivity contribution >= 4 is 34.0 Å². The number of nitrogens with one attached hydrogen (secondary N) is 2. The lowest BCUT2D eigenvalue weighted by atomic mass is 10.2. The summed E-state index contributed by atoms with van der Waals surface area (Å²) in [6.45, 7) is 4.74. The van der Waals surface area contributed by atoms with Crippen LogP contribution in [0, 0.1) is 0 Å². The van der Waals surface area contributed by atoms with Crippen molar-refractivity contribution in [1.29, 1.82) is 0 Å². The molecular weight excluding hydrogens is 466 g/mol. The maximum absolute atomic E-state index is 12.2. The number of hydrazone groups is 1. The molecule has 2 rings (SSSR count). The molecule has 0 aliphatic heterocycles. The number of methoxy groups -OCH3 is 1. The van der Waals surface area contributed by atoms with Gasteiger partial charge >= 0.3 is 0 Å². The number of carbonyl (C=O) groups is 2. The van der Waals surface area contributed by atoms with Crippen LogP contribution in [0.25, 0.3) is 0 Å². The average molecular weight is 492 g/mol. The van der Waals surface area contributed by atoms with Gasteiger partial charge in [-0.25, -0.2) is 5.43 Å². The minimum absolute atomic E-state index is 0.230. The van der Waals surface area contributed by atoms with Gasteiger partial charge in [0.15, 0.2) is 11.5 Å². The van der Waals surface area contributed by atoms with E-state index in [1.165, 1.54) is 13.3 Å². The van der Waals surface area contributed by atoms with Crippen molar-refractivity contribution < 1.29 is 23.8 Å². The van der Waals surface area contributed by atoms with Crippen LogP contribution >= 0.6 is 15.9 Å². The molecule has 2 amide bonds. The topological polar surface area (TPSA) is 98.2 Å². The third-order valence-corrected chi connectivity index (χ3v) is 4.54. The lowest BCUT2D eigenvalue weighted by Gasteiger charge is -2.14. The number of amides is 2. The predicted molar refractivity (Wildman–Crippen MR) is 122 cm³/mol. The van der Waals surface area contributed by atoms with Gasteiger partial charge in [-0.1, -0.05) is 19.1 Å². The zero-order valence-corrected chi connectivity index (χ0v) is 19.3. The maximum atomic E-state index is 12.2. The number of nitrogens with zero attached hydrogens (tertiary/aromatic N) is 1. The van der Waals surface area contributed by atoms with E-state index in [1.807, 2.05) is 19.9 Å². The SMILES string of the molecule is CCCOc1c(Br)cc(C=NNC(=O)CNC(=O)c2ccccc2OC)cc1OCC. The fourth-order valence-corrected chi connectivity index (χ4v) is 3.15. The summed E-state index contributed by atoms with van der Waals surface area (Å²) < 4.78 is 17.3. The van der Waals surface area contributed by atoms with Crippen molar-refractivity contribution in [1.82, 2.24) is 10.7 Å². The Morgan fingerprint density at radius 1 is 1.13 bits per heavy atom. The molecule has 0 fully saturated rings. The summed E-state index contributed by atoms with van der Waals surface area (Å²) in [5, 5.41) is 6.48. The Morgan fingerprint density at radius 2 is 1.90 bits per heavy atom. The number of rotatable bonds is 11. The summed E-state index contributed by atoms with van der Waals surface area (Å²) in [5.41, 5.74) is 3.44. The van der Waals surface area contributed by atoms with Crippen LogP contribution < -0.4 is 25.0 Å². The van der Waals surface area contributed by atoms with Gasteiger partial charge in [-0.15, -0.1) is 0 Å². The van der Waals surface area contributed by atoms with Crippen LogP contribution in [-0.2, 0) is 4.79 Å². The molecule has 8 nitrogen and oxygen atoms in total. The Morgan fingerprint density at radius 3 is 2.61 bits per heavy atom. The van der Waals surface area contributed by atoms with Gasteiger partial charge in [-0.2, -0.15) is 5.10 Å². The molecular formula is C22H26BrN3O5. The molecule has 0 atom stereocenters. The molecule has 0 heterocycles. The van der Waals surface area contributed by atoms with Crippen LogP contribution in [0.3, 0.4) is 0 Å². The second-order valence-electron chi connectivity index (χ2n) is 6.29. The Labute approximate surface area is 190 Å². The van der Waals surface area contributed by atoms with E-state index in [-0.39, 0.29) is 6.54 Å². The summed E-state index contributed by atoms with van der Waals surface area (Å²) in [4.78, 5) is 24.2.